The van der Waals surface area contributed by atoms with E-state index in [2.05, 4.69) is 203 Å². The number of hydrogen-bond donors (Lipinski definition) is 0. The van der Waals surface area contributed by atoms with Gasteiger partial charge in [-0.1, -0.05) is 224 Å². The average molecular weight is 947 g/mol. The SMILES string of the molecule is c1ccc(-c2ccc(-c3nc(-c4ccccc4)nc(-n4c5ccccc5c5ccc6c7ccccc7n(-c7ccccc7-c7nc(-c8ccccc8)nc(-c8cccc(-c9ccccc9)c8)n7)c6c54)n3)cc2)cc1. The van der Waals surface area contributed by atoms with E-state index in [-0.39, 0.29) is 0 Å². The highest BCUT2D eigenvalue weighted by Gasteiger charge is 2.25. The standard InChI is InChI=1S/C66H42N8/c1-5-20-43(21-6-1)45-36-38-48(39-37-45)63-68-62(47-26-11-4-12-27-47)71-66(72-63)74-57-34-17-14-31-52(57)54-41-40-53-51-30-13-16-33-56(51)73(59(53)60(54)74)58-35-18-15-32-55(58)65-69-61(46-24-9-3-10-25-46)67-64(70-65)50-29-19-28-49(42-50)44-22-7-2-8-23-44/h1-42H. The lowest BCUT2D eigenvalue weighted by atomic mass is 10.0. The van der Waals surface area contributed by atoms with Crippen molar-refractivity contribution in [3.63, 3.8) is 0 Å². The van der Waals surface area contributed by atoms with Crippen molar-refractivity contribution in [2.75, 3.05) is 0 Å². The highest BCUT2D eigenvalue weighted by molar-refractivity contribution is 6.24. The van der Waals surface area contributed by atoms with Gasteiger partial charge in [-0.15, -0.1) is 0 Å². The number of benzene rings is 10. The van der Waals surface area contributed by atoms with E-state index in [4.69, 9.17) is 29.9 Å². The molecule has 0 spiro atoms. The van der Waals surface area contributed by atoms with Crippen LogP contribution in [0.3, 0.4) is 0 Å². The number of hydrogen-bond acceptors (Lipinski definition) is 6. The van der Waals surface area contributed by atoms with Crippen LogP contribution in [0.5, 0.6) is 0 Å². The lowest BCUT2D eigenvalue weighted by molar-refractivity contribution is 0.953. The van der Waals surface area contributed by atoms with Crippen LogP contribution in [0.4, 0.5) is 0 Å². The Hall–Kier alpha value is -10.2. The fourth-order valence-electron chi connectivity index (χ4n) is 10.4. The second kappa shape index (κ2) is 17.9. The fourth-order valence-corrected chi connectivity index (χ4v) is 10.4. The zero-order chi connectivity index (χ0) is 49.0. The molecule has 0 atom stereocenters. The van der Waals surface area contributed by atoms with Crippen LogP contribution in [-0.4, -0.2) is 39.0 Å². The molecule has 0 N–H and O–H groups in total. The van der Waals surface area contributed by atoms with Crippen molar-refractivity contribution in [2.24, 2.45) is 0 Å². The molecule has 0 bridgehead atoms. The molecule has 0 aliphatic heterocycles. The number of nitrogens with zero attached hydrogens (tertiary/aromatic N) is 8. The van der Waals surface area contributed by atoms with Crippen LogP contribution in [0.15, 0.2) is 255 Å². The van der Waals surface area contributed by atoms with Crippen molar-refractivity contribution in [3.05, 3.63) is 255 Å². The molecule has 10 aromatic carbocycles. The lowest BCUT2D eigenvalue weighted by Gasteiger charge is -2.16. The average Bonchev–Trinajstić information content (AvgIpc) is 4.08. The predicted molar refractivity (Wildman–Crippen MR) is 300 cm³/mol. The minimum atomic E-state index is 0.511. The van der Waals surface area contributed by atoms with E-state index in [1.807, 2.05) is 60.7 Å². The van der Waals surface area contributed by atoms with Crippen molar-refractivity contribution in [3.8, 4) is 90.8 Å². The van der Waals surface area contributed by atoms with Gasteiger partial charge in [0.15, 0.2) is 29.1 Å². The van der Waals surface area contributed by atoms with E-state index >= 15 is 0 Å². The summed E-state index contributed by atoms with van der Waals surface area (Å²) in [5, 5.41) is 4.34. The molecular weight excluding hydrogens is 905 g/mol. The molecule has 0 unspecified atom stereocenters. The van der Waals surface area contributed by atoms with Crippen molar-refractivity contribution >= 4 is 43.6 Å². The quantitative estimate of drug-likeness (QED) is 0.143. The third-order valence-electron chi connectivity index (χ3n) is 13.9. The van der Waals surface area contributed by atoms with Gasteiger partial charge in [0.2, 0.25) is 5.95 Å². The summed E-state index contributed by atoms with van der Waals surface area (Å²) in [4.78, 5) is 31.8. The molecule has 14 aromatic rings. The zero-order valence-electron chi connectivity index (χ0n) is 39.8. The summed E-state index contributed by atoms with van der Waals surface area (Å²) >= 11 is 0. The summed E-state index contributed by atoms with van der Waals surface area (Å²) in [6.07, 6.45) is 0. The van der Waals surface area contributed by atoms with Crippen LogP contribution in [0.2, 0.25) is 0 Å². The zero-order valence-corrected chi connectivity index (χ0v) is 39.8. The first kappa shape index (κ1) is 42.7. The first-order valence-electron chi connectivity index (χ1n) is 24.7. The molecule has 8 nitrogen and oxygen atoms in total. The fraction of sp³-hybridized carbons (Fsp3) is 0. The van der Waals surface area contributed by atoms with Gasteiger partial charge in [-0.25, -0.2) is 19.9 Å². The summed E-state index contributed by atoms with van der Waals surface area (Å²) in [7, 11) is 0. The third kappa shape index (κ3) is 7.40. The molecule has 4 aromatic heterocycles. The number of rotatable bonds is 9. The van der Waals surface area contributed by atoms with Gasteiger partial charge >= 0.3 is 0 Å². The van der Waals surface area contributed by atoms with E-state index in [0.717, 1.165) is 99.4 Å². The molecule has 14 rings (SSSR count). The summed E-state index contributed by atoms with van der Waals surface area (Å²) in [6, 6.07) is 88.1. The largest absolute Gasteiger partial charge is 0.306 e. The molecule has 0 saturated heterocycles. The van der Waals surface area contributed by atoms with Gasteiger partial charge in [-0.3, -0.25) is 4.57 Å². The number of para-hydroxylation sites is 3. The molecule has 0 amide bonds. The van der Waals surface area contributed by atoms with E-state index in [0.29, 0.717) is 35.1 Å². The molecule has 8 heteroatoms. The molecular formula is C66H42N8. The number of aromatic nitrogens is 8. The van der Waals surface area contributed by atoms with Crippen LogP contribution in [-0.2, 0) is 0 Å². The molecule has 0 aliphatic carbocycles. The first-order valence-corrected chi connectivity index (χ1v) is 24.7. The van der Waals surface area contributed by atoms with Crippen LogP contribution in [0, 0.1) is 0 Å². The molecule has 0 aliphatic rings. The lowest BCUT2D eigenvalue weighted by Crippen LogP contribution is -2.07. The van der Waals surface area contributed by atoms with Crippen molar-refractivity contribution < 1.29 is 0 Å². The van der Waals surface area contributed by atoms with Gasteiger partial charge in [-0.2, -0.15) is 9.97 Å². The first-order chi connectivity index (χ1) is 36.7. The Balaban J connectivity index is 1.03. The topological polar surface area (TPSA) is 87.2 Å². The highest BCUT2D eigenvalue weighted by Crippen LogP contribution is 2.43. The van der Waals surface area contributed by atoms with E-state index in [9.17, 15) is 0 Å². The van der Waals surface area contributed by atoms with E-state index in [1.54, 1.807) is 0 Å². The van der Waals surface area contributed by atoms with Crippen LogP contribution < -0.4 is 0 Å². The Morgan fingerprint density at radius 2 is 0.608 bits per heavy atom. The Labute approximate surface area is 426 Å². The molecule has 0 fully saturated rings. The van der Waals surface area contributed by atoms with Crippen molar-refractivity contribution in [1.82, 2.24) is 39.0 Å². The maximum Gasteiger partial charge on any atom is 0.238 e. The van der Waals surface area contributed by atoms with Gasteiger partial charge in [-0.05, 0) is 52.6 Å². The number of fused-ring (bicyclic) bond motifs is 7. The maximum absolute atomic E-state index is 5.41. The second-order valence-corrected chi connectivity index (χ2v) is 18.3. The van der Waals surface area contributed by atoms with E-state index in [1.165, 1.54) is 0 Å². The minimum absolute atomic E-state index is 0.511. The summed E-state index contributed by atoms with van der Waals surface area (Å²) < 4.78 is 4.61. The van der Waals surface area contributed by atoms with Crippen LogP contribution in [0.25, 0.3) is 134 Å². The van der Waals surface area contributed by atoms with Gasteiger partial charge in [0.05, 0.1) is 27.8 Å². The van der Waals surface area contributed by atoms with Crippen LogP contribution >= 0.6 is 0 Å². The van der Waals surface area contributed by atoms with E-state index < -0.39 is 0 Å². The Kier molecular flexibility index (Phi) is 10.3. The molecule has 0 saturated carbocycles. The summed E-state index contributed by atoms with van der Waals surface area (Å²) in [5.41, 5.74) is 13.8. The van der Waals surface area contributed by atoms with Gasteiger partial charge in [0.25, 0.3) is 0 Å². The third-order valence-corrected chi connectivity index (χ3v) is 13.9. The van der Waals surface area contributed by atoms with Gasteiger partial charge in [0.1, 0.15) is 0 Å². The monoisotopic (exact) mass is 946 g/mol. The molecule has 0 radical (unpaired) electrons. The Morgan fingerprint density at radius 1 is 0.230 bits per heavy atom. The van der Waals surface area contributed by atoms with Crippen LogP contribution in [0.1, 0.15) is 0 Å². The summed E-state index contributed by atoms with van der Waals surface area (Å²) in [6.45, 7) is 0. The predicted octanol–water partition coefficient (Wildman–Crippen LogP) is 15.9. The molecule has 4 heterocycles. The van der Waals surface area contributed by atoms with Crippen molar-refractivity contribution in [1.29, 1.82) is 0 Å². The smallest absolute Gasteiger partial charge is 0.238 e. The van der Waals surface area contributed by atoms with Gasteiger partial charge in [0, 0.05) is 49.4 Å². The second-order valence-electron chi connectivity index (χ2n) is 18.3. The Bertz CT molecular complexity index is 4400. The molecule has 346 valence electrons. The van der Waals surface area contributed by atoms with Gasteiger partial charge < -0.3 is 4.57 Å². The normalized spacial score (nSPS) is 11.5. The minimum Gasteiger partial charge on any atom is -0.306 e. The summed E-state index contributed by atoms with van der Waals surface area (Å²) in [5.74, 6) is 3.39. The molecule has 74 heavy (non-hydrogen) atoms. The highest BCUT2D eigenvalue weighted by atomic mass is 15.2. The maximum atomic E-state index is 5.41. The van der Waals surface area contributed by atoms with Crippen molar-refractivity contribution in [2.45, 2.75) is 0 Å². The Morgan fingerprint density at radius 3 is 1.20 bits per heavy atom.